The lowest BCUT2D eigenvalue weighted by atomic mass is 10.0. The van der Waals surface area contributed by atoms with E-state index in [9.17, 15) is 9.90 Å². The molecule has 24 heavy (non-hydrogen) atoms. The van der Waals surface area contributed by atoms with Crippen LogP contribution in [0.4, 0.5) is 0 Å². The Labute approximate surface area is 142 Å². The first-order valence-electron chi connectivity index (χ1n) is 7.97. The number of carbonyl (C=O) groups is 1. The van der Waals surface area contributed by atoms with Crippen LogP contribution in [0.1, 0.15) is 31.1 Å². The lowest BCUT2D eigenvalue weighted by Crippen LogP contribution is -2.42. The molecule has 128 valence electrons. The molecule has 1 aromatic heterocycles. The zero-order valence-electron chi connectivity index (χ0n) is 14.6. The molecule has 0 unspecified atom stereocenters. The molecule has 5 nitrogen and oxygen atoms in total. The zero-order chi connectivity index (χ0) is 17.7. The molecular formula is C19H24N2O3. The Morgan fingerprint density at radius 3 is 2.58 bits per heavy atom. The lowest BCUT2D eigenvalue weighted by molar-refractivity contribution is 0.0314. The van der Waals surface area contributed by atoms with Crippen molar-refractivity contribution in [3.8, 4) is 17.0 Å². The van der Waals surface area contributed by atoms with E-state index in [1.807, 2.05) is 25.1 Å². The van der Waals surface area contributed by atoms with Gasteiger partial charge in [-0.1, -0.05) is 6.07 Å². The highest BCUT2D eigenvalue weighted by Gasteiger charge is 2.23. The number of aromatic nitrogens is 1. The van der Waals surface area contributed by atoms with Crippen LogP contribution in [0.2, 0.25) is 0 Å². The van der Waals surface area contributed by atoms with Crippen LogP contribution in [-0.2, 0) is 0 Å². The second-order valence-corrected chi connectivity index (χ2v) is 6.26. The van der Waals surface area contributed by atoms with E-state index < -0.39 is 5.60 Å². The van der Waals surface area contributed by atoms with Crippen molar-refractivity contribution in [2.45, 2.75) is 26.4 Å². The van der Waals surface area contributed by atoms with Crippen LogP contribution in [-0.4, -0.2) is 46.7 Å². The van der Waals surface area contributed by atoms with Crippen molar-refractivity contribution < 1.29 is 14.6 Å². The average Bonchev–Trinajstić information content (AvgIpc) is 2.58. The van der Waals surface area contributed by atoms with Gasteiger partial charge in [-0.25, -0.2) is 0 Å². The first-order chi connectivity index (χ1) is 11.4. The predicted molar refractivity (Wildman–Crippen MR) is 94.1 cm³/mol. The highest BCUT2D eigenvalue weighted by molar-refractivity contribution is 5.96. The minimum Gasteiger partial charge on any atom is -0.496 e. The van der Waals surface area contributed by atoms with Crippen LogP contribution >= 0.6 is 0 Å². The molecule has 0 saturated carbocycles. The second kappa shape index (κ2) is 7.45. The number of nitrogens with zero attached hydrogens (tertiary/aromatic N) is 2. The van der Waals surface area contributed by atoms with E-state index in [2.05, 4.69) is 4.98 Å². The largest absolute Gasteiger partial charge is 0.496 e. The van der Waals surface area contributed by atoms with E-state index in [0.717, 1.165) is 11.3 Å². The standard InChI is InChI=1S/C19H24N2O3/c1-5-21(13-19(2,3)23)18(22)14-9-10-17(24-4)15(12-14)16-8-6-7-11-20-16/h6-12,23H,5,13H2,1-4H3. The summed E-state index contributed by atoms with van der Waals surface area (Å²) in [7, 11) is 1.59. The minimum atomic E-state index is -0.943. The maximum Gasteiger partial charge on any atom is 0.253 e. The summed E-state index contributed by atoms with van der Waals surface area (Å²) in [5.41, 5.74) is 1.11. The van der Waals surface area contributed by atoms with Crippen LogP contribution < -0.4 is 4.74 Å². The second-order valence-electron chi connectivity index (χ2n) is 6.26. The summed E-state index contributed by atoms with van der Waals surface area (Å²) >= 11 is 0. The van der Waals surface area contributed by atoms with Gasteiger partial charge in [0.2, 0.25) is 0 Å². The molecule has 1 heterocycles. The van der Waals surface area contributed by atoms with E-state index in [4.69, 9.17) is 4.74 Å². The first kappa shape index (κ1) is 17.9. The van der Waals surface area contributed by atoms with Gasteiger partial charge in [0, 0.05) is 30.4 Å². The molecule has 0 aliphatic rings. The average molecular weight is 328 g/mol. The molecule has 0 spiro atoms. The van der Waals surface area contributed by atoms with Crippen LogP contribution in [0.3, 0.4) is 0 Å². The van der Waals surface area contributed by atoms with Gasteiger partial charge in [0.15, 0.2) is 0 Å². The van der Waals surface area contributed by atoms with E-state index in [-0.39, 0.29) is 12.5 Å². The van der Waals surface area contributed by atoms with Crippen molar-refractivity contribution in [2.75, 3.05) is 20.2 Å². The summed E-state index contributed by atoms with van der Waals surface area (Å²) in [6.45, 7) is 6.07. The molecule has 0 saturated heterocycles. The third kappa shape index (κ3) is 4.32. The summed E-state index contributed by atoms with van der Waals surface area (Å²) in [5.74, 6) is 0.537. The normalized spacial score (nSPS) is 11.2. The Bertz CT molecular complexity index is 694. The van der Waals surface area contributed by atoms with Gasteiger partial charge in [-0.05, 0) is 51.1 Å². The Balaban J connectivity index is 2.39. The number of pyridine rings is 1. The predicted octanol–water partition coefficient (Wildman–Crippen LogP) is 2.99. The fraction of sp³-hybridized carbons (Fsp3) is 0.368. The quantitative estimate of drug-likeness (QED) is 0.885. The number of likely N-dealkylation sites (N-methyl/N-ethyl adjacent to an activating group) is 1. The van der Waals surface area contributed by atoms with E-state index in [1.165, 1.54) is 0 Å². The molecule has 0 atom stereocenters. The number of aliphatic hydroxyl groups is 1. The number of rotatable bonds is 6. The van der Waals surface area contributed by atoms with Crippen molar-refractivity contribution in [3.05, 3.63) is 48.2 Å². The van der Waals surface area contributed by atoms with Crippen molar-refractivity contribution in [3.63, 3.8) is 0 Å². The molecular weight excluding hydrogens is 304 g/mol. The van der Waals surface area contributed by atoms with Crippen molar-refractivity contribution in [1.82, 2.24) is 9.88 Å². The van der Waals surface area contributed by atoms with Crippen LogP contribution in [0.15, 0.2) is 42.6 Å². The molecule has 1 aromatic carbocycles. The van der Waals surface area contributed by atoms with Crippen molar-refractivity contribution >= 4 is 5.91 Å². The monoisotopic (exact) mass is 328 g/mol. The number of benzene rings is 1. The van der Waals surface area contributed by atoms with Gasteiger partial charge in [-0.3, -0.25) is 9.78 Å². The third-order valence-corrected chi connectivity index (χ3v) is 3.63. The Hall–Kier alpha value is -2.40. The highest BCUT2D eigenvalue weighted by atomic mass is 16.5. The summed E-state index contributed by atoms with van der Waals surface area (Å²) in [4.78, 5) is 18.8. The summed E-state index contributed by atoms with van der Waals surface area (Å²) in [6.07, 6.45) is 1.70. The molecule has 1 N–H and O–H groups in total. The fourth-order valence-corrected chi connectivity index (χ4v) is 2.54. The fourth-order valence-electron chi connectivity index (χ4n) is 2.54. The van der Waals surface area contributed by atoms with E-state index >= 15 is 0 Å². The smallest absolute Gasteiger partial charge is 0.253 e. The Morgan fingerprint density at radius 1 is 1.29 bits per heavy atom. The molecule has 1 amide bonds. The molecule has 0 aliphatic carbocycles. The SMILES string of the molecule is CCN(CC(C)(C)O)C(=O)c1ccc(OC)c(-c2ccccn2)c1. The molecule has 5 heteroatoms. The van der Waals surface area contributed by atoms with E-state index in [0.29, 0.717) is 17.9 Å². The van der Waals surface area contributed by atoms with Crippen LogP contribution in [0, 0.1) is 0 Å². The van der Waals surface area contributed by atoms with E-state index in [1.54, 1.807) is 50.3 Å². The number of hydrogen-bond donors (Lipinski definition) is 1. The van der Waals surface area contributed by atoms with Crippen LogP contribution in [0.5, 0.6) is 5.75 Å². The minimum absolute atomic E-state index is 0.126. The first-order valence-corrected chi connectivity index (χ1v) is 7.97. The Kier molecular flexibility index (Phi) is 5.57. The summed E-state index contributed by atoms with van der Waals surface area (Å²) in [6, 6.07) is 10.9. The number of hydrogen-bond acceptors (Lipinski definition) is 4. The molecule has 0 radical (unpaired) electrons. The maximum atomic E-state index is 12.8. The third-order valence-electron chi connectivity index (χ3n) is 3.63. The number of ether oxygens (including phenoxy) is 1. The lowest BCUT2D eigenvalue weighted by Gasteiger charge is -2.28. The Morgan fingerprint density at radius 2 is 2.04 bits per heavy atom. The van der Waals surface area contributed by atoms with Gasteiger partial charge in [0.25, 0.3) is 5.91 Å². The van der Waals surface area contributed by atoms with Crippen LogP contribution in [0.25, 0.3) is 11.3 Å². The van der Waals surface area contributed by atoms with Gasteiger partial charge >= 0.3 is 0 Å². The molecule has 0 aliphatic heterocycles. The van der Waals surface area contributed by atoms with Gasteiger partial charge in [0.1, 0.15) is 5.75 Å². The number of carbonyl (C=O) groups excluding carboxylic acids is 1. The van der Waals surface area contributed by atoms with Gasteiger partial charge in [0.05, 0.1) is 18.4 Å². The highest BCUT2D eigenvalue weighted by Crippen LogP contribution is 2.30. The molecule has 2 rings (SSSR count). The summed E-state index contributed by atoms with van der Waals surface area (Å²) in [5, 5.41) is 10.0. The number of methoxy groups -OCH3 is 1. The van der Waals surface area contributed by atoms with Gasteiger partial charge in [-0.15, -0.1) is 0 Å². The maximum absolute atomic E-state index is 12.8. The van der Waals surface area contributed by atoms with Gasteiger partial charge in [-0.2, -0.15) is 0 Å². The molecule has 2 aromatic rings. The topological polar surface area (TPSA) is 62.7 Å². The van der Waals surface area contributed by atoms with Gasteiger partial charge < -0.3 is 14.7 Å². The summed E-state index contributed by atoms with van der Waals surface area (Å²) < 4.78 is 5.40. The van der Waals surface area contributed by atoms with Crippen molar-refractivity contribution in [1.29, 1.82) is 0 Å². The number of amides is 1. The zero-order valence-corrected chi connectivity index (χ0v) is 14.6. The molecule has 0 fully saturated rings. The molecule has 0 bridgehead atoms. The van der Waals surface area contributed by atoms with Crippen molar-refractivity contribution in [2.24, 2.45) is 0 Å².